The van der Waals surface area contributed by atoms with E-state index in [2.05, 4.69) is 16.6 Å². The fraction of sp³-hybridized carbons (Fsp3) is 0.333. The third kappa shape index (κ3) is 6.08. The molecule has 6 heteroatoms. The lowest BCUT2D eigenvalue weighted by atomic mass is 9.96. The van der Waals surface area contributed by atoms with Gasteiger partial charge in [-0.15, -0.1) is 6.42 Å². The quantitative estimate of drug-likeness (QED) is 0.463. The predicted octanol–water partition coefficient (Wildman–Crippen LogP) is 0.0793. The molecule has 1 unspecified atom stereocenters. The average molecular weight is 290 g/mol. The van der Waals surface area contributed by atoms with Crippen LogP contribution in [-0.2, 0) is 22.6 Å². The molecule has 0 aromatic heterocycles. The van der Waals surface area contributed by atoms with Crippen LogP contribution in [0.5, 0.6) is 0 Å². The van der Waals surface area contributed by atoms with Crippen LogP contribution < -0.4 is 10.6 Å². The average Bonchev–Trinajstić information content (AvgIpc) is 2.47. The van der Waals surface area contributed by atoms with Gasteiger partial charge in [0, 0.05) is 6.54 Å². The first kappa shape index (κ1) is 16.7. The van der Waals surface area contributed by atoms with Gasteiger partial charge in [-0.3, -0.25) is 14.9 Å². The summed E-state index contributed by atoms with van der Waals surface area (Å²) < 4.78 is 0. The van der Waals surface area contributed by atoms with Crippen LogP contribution in [0.2, 0.25) is 0 Å². The molecule has 1 heterocycles. The molecular weight excluding hydrogens is 272 g/mol. The summed E-state index contributed by atoms with van der Waals surface area (Å²) in [6.07, 6.45) is 5.40. The summed E-state index contributed by atoms with van der Waals surface area (Å²) in [5, 5.41) is 22.3. The Morgan fingerprint density at radius 3 is 2.57 bits per heavy atom. The van der Waals surface area contributed by atoms with Gasteiger partial charge in [-0.1, -0.05) is 30.2 Å². The third-order valence-electron chi connectivity index (χ3n) is 2.88. The predicted molar refractivity (Wildman–Crippen MR) is 77.7 cm³/mol. The standard InChI is InChI=1S/C10H11NO2.C5H7NO2/c12-10(13)9-5-7-3-1-2-4-8(7)6-11-9;1-2-3-6-4-5(7)8/h1-4,9,11H,5-6H2,(H,12,13);1,6H,3-4H2,(H,7,8). The summed E-state index contributed by atoms with van der Waals surface area (Å²) in [5.41, 5.74) is 2.36. The van der Waals surface area contributed by atoms with Crippen molar-refractivity contribution in [2.24, 2.45) is 0 Å². The topological polar surface area (TPSA) is 98.7 Å². The van der Waals surface area contributed by atoms with Crippen LogP contribution in [0.4, 0.5) is 0 Å². The van der Waals surface area contributed by atoms with Crippen molar-refractivity contribution in [3.05, 3.63) is 35.4 Å². The van der Waals surface area contributed by atoms with E-state index >= 15 is 0 Å². The number of terminal acetylenes is 1. The molecule has 1 aromatic carbocycles. The maximum Gasteiger partial charge on any atom is 0.321 e. The number of rotatable bonds is 4. The van der Waals surface area contributed by atoms with Gasteiger partial charge < -0.3 is 15.5 Å². The van der Waals surface area contributed by atoms with E-state index in [0.717, 1.165) is 5.56 Å². The highest BCUT2D eigenvalue weighted by atomic mass is 16.4. The number of nitrogens with one attached hydrogen (secondary N) is 2. The molecule has 6 nitrogen and oxygen atoms in total. The molecule has 4 N–H and O–H groups in total. The molecule has 0 amide bonds. The van der Waals surface area contributed by atoms with Crippen LogP contribution in [-0.4, -0.2) is 41.3 Å². The van der Waals surface area contributed by atoms with Crippen LogP contribution in [0.25, 0.3) is 0 Å². The molecule has 21 heavy (non-hydrogen) atoms. The maximum absolute atomic E-state index is 10.7. The van der Waals surface area contributed by atoms with E-state index in [1.54, 1.807) is 0 Å². The Morgan fingerprint density at radius 1 is 1.33 bits per heavy atom. The Bertz CT molecular complexity index is 537. The van der Waals surface area contributed by atoms with Gasteiger partial charge in [-0.2, -0.15) is 0 Å². The summed E-state index contributed by atoms with van der Waals surface area (Å²) in [4.78, 5) is 20.4. The van der Waals surface area contributed by atoms with Crippen LogP contribution in [0.1, 0.15) is 11.1 Å². The Labute approximate surface area is 123 Å². The second kappa shape index (κ2) is 8.74. The Balaban J connectivity index is 0.000000240. The van der Waals surface area contributed by atoms with Crippen LogP contribution in [0.3, 0.4) is 0 Å². The van der Waals surface area contributed by atoms with Crippen molar-refractivity contribution in [3.63, 3.8) is 0 Å². The van der Waals surface area contributed by atoms with E-state index in [1.807, 2.05) is 24.3 Å². The van der Waals surface area contributed by atoms with Crippen molar-refractivity contribution in [1.29, 1.82) is 0 Å². The molecule has 2 rings (SSSR count). The Kier molecular flexibility index (Phi) is 6.95. The molecule has 1 aromatic rings. The van der Waals surface area contributed by atoms with Gasteiger partial charge in [0.05, 0.1) is 13.1 Å². The smallest absolute Gasteiger partial charge is 0.321 e. The largest absolute Gasteiger partial charge is 0.480 e. The Morgan fingerprint density at radius 2 is 2.00 bits per heavy atom. The first-order valence-corrected chi connectivity index (χ1v) is 6.43. The summed E-state index contributed by atoms with van der Waals surface area (Å²) >= 11 is 0. The van der Waals surface area contributed by atoms with Crippen molar-refractivity contribution in [3.8, 4) is 12.3 Å². The number of benzene rings is 1. The lowest BCUT2D eigenvalue weighted by Crippen LogP contribution is -2.41. The molecule has 0 fully saturated rings. The minimum absolute atomic E-state index is 0.0653. The highest BCUT2D eigenvalue weighted by Crippen LogP contribution is 2.15. The maximum atomic E-state index is 10.7. The fourth-order valence-corrected chi connectivity index (χ4v) is 1.87. The zero-order valence-corrected chi connectivity index (χ0v) is 11.5. The highest BCUT2D eigenvalue weighted by molar-refractivity contribution is 5.74. The number of carboxylic acid groups (broad SMARTS) is 2. The molecule has 0 aliphatic carbocycles. The van der Waals surface area contributed by atoms with Crippen molar-refractivity contribution >= 4 is 11.9 Å². The van der Waals surface area contributed by atoms with E-state index in [0.29, 0.717) is 19.5 Å². The lowest BCUT2D eigenvalue weighted by Gasteiger charge is -2.22. The highest BCUT2D eigenvalue weighted by Gasteiger charge is 2.22. The molecular formula is C15H18N2O4. The van der Waals surface area contributed by atoms with Crippen molar-refractivity contribution < 1.29 is 19.8 Å². The number of aliphatic carboxylic acids is 2. The third-order valence-corrected chi connectivity index (χ3v) is 2.88. The molecule has 0 saturated carbocycles. The van der Waals surface area contributed by atoms with Crippen molar-refractivity contribution in [2.75, 3.05) is 13.1 Å². The fourth-order valence-electron chi connectivity index (χ4n) is 1.87. The zero-order chi connectivity index (χ0) is 15.7. The molecule has 1 aliphatic rings. The van der Waals surface area contributed by atoms with Gasteiger partial charge >= 0.3 is 11.9 Å². The second-order valence-corrected chi connectivity index (χ2v) is 4.45. The number of hydrogen-bond donors (Lipinski definition) is 4. The monoisotopic (exact) mass is 290 g/mol. The van der Waals surface area contributed by atoms with Crippen LogP contribution in [0, 0.1) is 12.3 Å². The summed E-state index contributed by atoms with van der Waals surface area (Å²) in [5.74, 6) is 0.591. The van der Waals surface area contributed by atoms with Crippen molar-refractivity contribution in [2.45, 2.75) is 19.0 Å². The summed E-state index contributed by atoms with van der Waals surface area (Å²) in [7, 11) is 0. The normalized spacial score (nSPS) is 15.9. The Hall–Kier alpha value is -2.36. The first-order valence-electron chi connectivity index (χ1n) is 6.43. The molecule has 1 aliphatic heterocycles. The molecule has 0 saturated heterocycles. The number of carbonyl (C=O) groups is 2. The zero-order valence-electron chi connectivity index (χ0n) is 11.5. The van der Waals surface area contributed by atoms with Gasteiger partial charge in [0.1, 0.15) is 6.04 Å². The number of hydrogen-bond acceptors (Lipinski definition) is 4. The van der Waals surface area contributed by atoms with Gasteiger partial charge in [0.2, 0.25) is 0 Å². The van der Waals surface area contributed by atoms with E-state index in [9.17, 15) is 9.59 Å². The molecule has 0 radical (unpaired) electrons. The minimum Gasteiger partial charge on any atom is -0.480 e. The summed E-state index contributed by atoms with van der Waals surface area (Å²) in [6, 6.07) is 7.52. The molecule has 0 spiro atoms. The molecule has 1 atom stereocenters. The lowest BCUT2D eigenvalue weighted by molar-refractivity contribution is -0.139. The van der Waals surface area contributed by atoms with Crippen LogP contribution >= 0.6 is 0 Å². The van der Waals surface area contributed by atoms with Gasteiger partial charge in [-0.25, -0.2) is 0 Å². The molecule has 0 bridgehead atoms. The van der Waals surface area contributed by atoms with Gasteiger partial charge in [-0.05, 0) is 17.5 Å². The van der Waals surface area contributed by atoms with E-state index in [1.165, 1.54) is 5.56 Å². The van der Waals surface area contributed by atoms with E-state index in [4.69, 9.17) is 16.6 Å². The summed E-state index contributed by atoms with van der Waals surface area (Å²) in [6.45, 7) is 0.906. The minimum atomic E-state index is -0.889. The van der Waals surface area contributed by atoms with Crippen molar-refractivity contribution in [1.82, 2.24) is 10.6 Å². The molecule has 112 valence electrons. The van der Waals surface area contributed by atoms with E-state index < -0.39 is 18.0 Å². The second-order valence-electron chi connectivity index (χ2n) is 4.45. The van der Waals surface area contributed by atoms with E-state index in [-0.39, 0.29) is 6.54 Å². The number of carboxylic acids is 2. The first-order chi connectivity index (χ1) is 10.0. The SMILES string of the molecule is C#CCNCC(=O)O.O=C(O)C1Cc2ccccc2CN1. The van der Waals surface area contributed by atoms with Crippen LogP contribution in [0.15, 0.2) is 24.3 Å². The van der Waals surface area contributed by atoms with Gasteiger partial charge in [0.15, 0.2) is 0 Å². The van der Waals surface area contributed by atoms with Gasteiger partial charge in [0.25, 0.3) is 0 Å². The number of fused-ring (bicyclic) bond motifs is 1.